The highest BCUT2D eigenvalue weighted by Gasteiger charge is 2.27. The lowest BCUT2D eigenvalue weighted by molar-refractivity contribution is -0.119. The van der Waals surface area contributed by atoms with Crippen molar-refractivity contribution in [2.24, 2.45) is 5.92 Å². The highest BCUT2D eigenvalue weighted by atomic mass is 32.1. The van der Waals surface area contributed by atoms with Gasteiger partial charge in [0.1, 0.15) is 11.0 Å². The average Bonchev–Trinajstić information content (AvgIpc) is 3.50. The van der Waals surface area contributed by atoms with Crippen molar-refractivity contribution in [3.8, 4) is 22.1 Å². The monoisotopic (exact) mass is 466 g/mol. The van der Waals surface area contributed by atoms with Gasteiger partial charge in [0.05, 0.1) is 0 Å². The van der Waals surface area contributed by atoms with E-state index in [2.05, 4.69) is 27.8 Å². The summed E-state index contributed by atoms with van der Waals surface area (Å²) >= 11 is 1.25. The summed E-state index contributed by atoms with van der Waals surface area (Å²) in [5.41, 5.74) is 2.49. The minimum absolute atomic E-state index is 0.0647. The van der Waals surface area contributed by atoms with E-state index in [-0.39, 0.29) is 24.5 Å². The third-order valence-corrected chi connectivity index (χ3v) is 6.57. The van der Waals surface area contributed by atoms with Gasteiger partial charge in [0.25, 0.3) is 5.91 Å². The summed E-state index contributed by atoms with van der Waals surface area (Å²) in [5, 5.41) is 15.0. The van der Waals surface area contributed by atoms with Gasteiger partial charge < -0.3 is 14.8 Å². The fourth-order valence-corrected chi connectivity index (χ4v) is 4.16. The number of benzene rings is 2. The molecule has 3 aromatic rings. The molecule has 0 fully saturated rings. The molecule has 1 aliphatic rings. The van der Waals surface area contributed by atoms with Crippen molar-refractivity contribution >= 4 is 28.3 Å². The molecule has 1 aromatic heterocycles. The zero-order valence-electron chi connectivity index (χ0n) is 18.8. The molecule has 0 radical (unpaired) electrons. The van der Waals surface area contributed by atoms with Crippen LogP contribution in [-0.4, -0.2) is 34.8 Å². The molecule has 1 aliphatic heterocycles. The quantitative estimate of drug-likeness (QED) is 0.514. The molecule has 9 heteroatoms. The lowest BCUT2D eigenvalue weighted by Gasteiger charge is -2.23. The van der Waals surface area contributed by atoms with E-state index in [1.54, 1.807) is 12.1 Å². The first kappa shape index (κ1) is 22.7. The summed E-state index contributed by atoms with van der Waals surface area (Å²) < 4.78 is 10.7. The second-order valence-corrected chi connectivity index (χ2v) is 8.83. The Labute approximate surface area is 196 Å². The minimum atomic E-state index is -0.703. The summed E-state index contributed by atoms with van der Waals surface area (Å²) in [5.74, 6) is 0.672. The minimum Gasteiger partial charge on any atom is -0.454 e. The number of aryl methyl sites for hydroxylation is 1. The van der Waals surface area contributed by atoms with Gasteiger partial charge in [0.2, 0.25) is 17.8 Å². The number of fused-ring (bicyclic) bond motifs is 1. The molecule has 2 heterocycles. The molecule has 33 heavy (non-hydrogen) atoms. The molecule has 0 bridgehead atoms. The second kappa shape index (κ2) is 9.99. The van der Waals surface area contributed by atoms with E-state index < -0.39 is 6.04 Å². The normalized spacial score (nSPS) is 13.9. The molecule has 2 N–H and O–H groups in total. The maximum Gasteiger partial charge on any atom is 0.251 e. The molecular formula is C24H26N4O4S. The van der Waals surface area contributed by atoms with Gasteiger partial charge in [-0.25, -0.2) is 0 Å². The molecule has 2 amide bonds. The van der Waals surface area contributed by atoms with Crippen LogP contribution in [0.15, 0.2) is 42.5 Å². The second-order valence-electron chi connectivity index (χ2n) is 7.86. The number of ether oxygens (including phenoxy) is 2. The standard InChI is InChI=1S/C24H26N4O4S/c1-4-14(3)20(25-21(29)16-8-6-15(5-2)7-9-16)22(30)26-24-28-27-23(33-24)17-10-11-18-19(12-17)32-13-31-18/h6-12,14,20H,4-5,13H2,1-3H3,(H,25,29)(H,26,28,30)/t14-,20-/m1/s1. The molecular weight excluding hydrogens is 440 g/mol. The lowest BCUT2D eigenvalue weighted by Crippen LogP contribution is -2.47. The molecule has 4 rings (SSSR count). The zero-order chi connectivity index (χ0) is 23.4. The number of carbonyl (C=O) groups excluding carboxylic acids is 2. The van der Waals surface area contributed by atoms with Gasteiger partial charge in [-0.1, -0.05) is 50.7 Å². The maximum absolute atomic E-state index is 13.1. The Hall–Kier alpha value is -3.46. The van der Waals surface area contributed by atoms with Crippen LogP contribution in [0.5, 0.6) is 11.5 Å². The van der Waals surface area contributed by atoms with Crippen LogP contribution < -0.4 is 20.1 Å². The molecule has 0 unspecified atom stereocenters. The number of nitrogens with zero attached hydrogens (tertiary/aromatic N) is 2. The number of aromatic nitrogens is 2. The summed E-state index contributed by atoms with van der Waals surface area (Å²) in [4.78, 5) is 25.8. The molecule has 0 spiro atoms. The topological polar surface area (TPSA) is 102 Å². The molecule has 172 valence electrons. The van der Waals surface area contributed by atoms with Crippen molar-refractivity contribution in [3.05, 3.63) is 53.6 Å². The smallest absolute Gasteiger partial charge is 0.251 e. The highest BCUT2D eigenvalue weighted by molar-refractivity contribution is 7.18. The Balaban J connectivity index is 1.45. The van der Waals surface area contributed by atoms with E-state index >= 15 is 0 Å². The van der Waals surface area contributed by atoms with Crippen molar-refractivity contribution in [1.29, 1.82) is 0 Å². The number of rotatable bonds is 8. The largest absolute Gasteiger partial charge is 0.454 e. The van der Waals surface area contributed by atoms with Crippen molar-refractivity contribution < 1.29 is 19.1 Å². The first-order valence-electron chi connectivity index (χ1n) is 10.9. The van der Waals surface area contributed by atoms with Gasteiger partial charge in [-0.05, 0) is 48.2 Å². The van der Waals surface area contributed by atoms with Crippen LogP contribution in [0.25, 0.3) is 10.6 Å². The number of nitrogens with one attached hydrogen (secondary N) is 2. The number of hydrogen-bond acceptors (Lipinski definition) is 7. The van der Waals surface area contributed by atoms with E-state index in [1.165, 1.54) is 11.3 Å². The van der Waals surface area contributed by atoms with E-state index in [0.29, 0.717) is 27.2 Å². The number of hydrogen-bond donors (Lipinski definition) is 2. The van der Waals surface area contributed by atoms with Crippen LogP contribution in [-0.2, 0) is 11.2 Å². The van der Waals surface area contributed by atoms with Crippen LogP contribution in [0.4, 0.5) is 5.13 Å². The Kier molecular flexibility index (Phi) is 6.88. The molecule has 2 aromatic carbocycles. The van der Waals surface area contributed by atoms with E-state index in [1.807, 2.05) is 44.2 Å². The Morgan fingerprint density at radius 2 is 1.82 bits per heavy atom. The number of carbonyl (C=O) groups is 2. The fourth-order valence-electron chi connectivity index (χ4n) is 3.42. The highest BCUT2D eigenvalue weighted by Crippen LogP contribution is 2.37. The molecule has 2 atom stereocenters. The third-order valence-electron chi connectivity index (χ3n) is 5.68. The van der Waals surface area contributed by atoms with Crippen LogP contribution >= 0.6 is 11.3 Å². The fraction of sp³-hybridized carbons (Fsp3) is 0.333. The van der Waals surface area contributed by atoms with Crippen molar-refractivity contribution in [3.63, 3.8) is 0 Å². The van der Waals surface area contributed by atoms with Crippen molar-refractivity contribution in [2.75, 3.05) is 12.1 Å². The summed E-state index contributed by atoms with van der Waals surface area (Å²) in [6.45, 7) is 6.17. The van der Waals surface area contributed by atoms with Crippen LogP contribution in [0.3, 0.4) is 0 Å². The number of anilines is 1. The van der Waals surface area contributed by atoms with Crippen LogP contribution in [0, 0.1) is 5.92 Å². The van der Waals surface area contributed by atoms with Gasteiger partial charge >= 0.3 is 0 Å². The SMILES string of the molecule is CCc1ccc(C(=O)N[C@@H](C(=O)Nc2nnc(-c3ccc4c(c3)OCO4)s2)[C@H](C)CC)cc1. The van der Waals surface area contributed by atoms with E-state index in [0.717, 1.165) is 24.0 Å². The average molecular weight is 467 g/mol. The predicted molar refractivity (Wildman–Crippen MR) is 127 cm³/mol. The predicted octanol–water partition coefficient (Wildman–Crippen LogP) is 4.28. The van der Waals surface area contributed by atoms with Gasteiger partial charge in [0, 0.05) is 11.1 Å². The van der Waals surface area contributed by atoms with Gasteiger partial charge in [-0.3, -0.25) is 14.9 Å². The van der Waals surface area contributed by atoms with E-state index in [9.17, 15) is 9.59 Å². The van der Waals surface area contributed by atoms with Gasteiger partial charge in [-0.2, -0.15) is 0 Å². The zero-order valence-corrected chi connectivity index (χ0v) is 19.6. The van der Waals surface area contributed by atoms with Crippen LogP contribution in [0.2, 0.25) is 0 Å². The van der Waals surface area contributed by atoms with Gasteiger partial charge in [0.15, 0.2) is 11.5 Å². The summed E-state index contributed by atoms with van der Waals surface area (Å²) in [6, 6.07) is 12.2. The van der Waals surface area contributed by atoms with E-state index in [4.69, 9.17) is 9.47 Å². The third kappa shape index (κ3) is 5.14. The lowest BCUT2D eigenvalue weighted by atomic mass is 9.98. The molecule has 0 saturated heterocycles. The first-order chi connectivity index (χ1) is 16.0. The Morgan fingerprint density at radius 3 is 2.55 bits per heavy atom. The van der Waals surface area contributed by atoms with Crippen molar-refractivity contribution in [1.82, 2.24) is 15.5 Å². The molecule has 8 nitrogen and oxygen atoms in total. The van der Waals surface area contributed by atoms with Gasteiger partial charge in [-0.15, -0.1) is 10.2 Å². The first-order valence-corrected chi connectivity index (χ1v) is 11.7. The summed E-state index contributed by atoms with van der Waals surface area (Å²) in [6.07, 6.45) is 1.63. The molecule has 0 saturated carbocycles. The Morgan fingerprint density at radius 1 is 1.06 bits per heavy atom. The Bertz CT molecular complexity index is 1150. The molecule has 0 aliphatic carbocycles. The van der Waals surface area contributed by atoms with Crippen LogP contribution in [0.1, 0.15) is 43.1 Å². The maximum atomic E-state index is 13.1. The van der Waals surface area contributed by atoms with Crippen molar-refractivity contribution in [2.45, 2.75) is 39.7 Å². The summed E-state index contributed by atoms with van der Waals surface area (Å²) in [7, 11) is 0. The number of amides is 2.